The number of rotatable bonds is 3. The van der Waals surface area contributed by atoms with Crippen LogP contribution < -0.4 is 5.32 Å². The number of carboxylic acids is 1. The lowest BCUT2D eigenvalue weighted by atomic mass is 10.1. The average Bonchev–Trinajstić information content (AvgIpc) is 2.42. The molecule has 2 N–H and O–H groups in total. The Kier molecular flexibility index (Phi) is 4.00. The molecule has 0 saturated heterocycles. The Balaban J connectivity index is 2.21. The van der Waals surface area contributed by atoms with Gasteiger partial charge in [0.15, 0.2) is 0 Å². The molecule has 0 aliphatic heterocycles. The van der Waals surface area contributed by atoms with E-state index in [2.05, 4.69) is 10.3 Å². The van der Waals surface area contributed by atoms with Crippen molar-refractivity contribution in [1.29, 1.82) is 0 Å². The first-order valence-electron chi connectivity index (χ1n) is 5.74. The number of aromatic carboxylic acids is 1. The number of anilines is 1. The molecule has 0 atom stereocenters. The maximum atomic E-state index is 12.0. The normalized spacial score (nSPS) is 10.1. The first-order chi connectivity index (χ1) is 9.47. The molecule has 1 aromatic heterocycles. The Morgan fingerprint density at radius 3 is 2.60 bits per heavy atom. The monoisotopic (exact) mass is 290 g/mol. The summed E-state index contributed by atoms with van der Waals surface area (Å²) in [6.45, 7) is 1.84. The highest BCUT2D eigenvalue weighted by Gasteiger charge is 2.10. The Labute approximate surface area is 120 Å². The van der Waals surface area contributed by atoms with Crippen LogP contribution in [0.25, 0.3) is 0 Å². The third kappa shape index (κ3) is 3.13. The molecule has 102 valence electrons. The first kappa shape index (κ1) is 14.0. The van der Waals surface area contributed by atoms with Crippen molar-refractivity contribution in [2.45, 2.75) is 6.92 Å². The van der Waals surface area contributed by atoms with Crippen LogP contribution in [0.15, 0.2) is 36.5 Å². The van der Waals surface area contributed by atoms with Gasteiger partial charge >= 0.3 is 5.97 Å². The number of halogens is 1. The summed E-state index contributed by atoms with van der Waals surface area (Å²) >= 11 is 5.95. The largest absolute Gasteiger partial charge is 0.478 e. The fourth-order valence-corrected chi connectivity index (χ4v) is 1.74. The van der Waals surface area contributed by atoms with Crippen LogP contribution >= 0.6 is 11.6 Å². The van der Waals surface area contributed by atoms with Gasteiger partial charge < -0.3 is 10.4 Å². The van der Waals surface area contributed by atoms with Gasteiger partial charge in [-0.25, -0.2) is 9.78 Å². The van der Waals surface area contributed by atoms with Crippen LogP contribution in [0.4, 0.5) is 5.82 Å². The summed E-state index contributed by atoms with van der Waals surface area (Å²) < 4.78 is 0. The molecule has 0 saturated carbocycles. The highest BCUT2D eigenvalue weighted by atomic mass is 35.5. The maximum Gasteiger partial charge on any atom is 0.335 e. The number of carboxylic acid groups (broad SMARTS) is 1. The molecule has 5 nitrogen and oxygen atoms in total. The summed E-state index contributed by atoms with van der Waals surface area (Å²) in [6.07, 6.45) is 1.32. The standard InChI is InChI=1S/C14H11ClN2O3/c1-8-2-3-9(6-11(8)15)13(18)17-12-7-10(14(19)20)4-5-16-12/h2-7H,1H3,(H,19,20)(H,16,17,18). The number of amides is 1. The van der Waals surface area contributed by atoms with E-state index < -0.39 is 11.9 Å². The minimum atomic E-state index is -1.08. The SMILES string of the molecule is Cc1ccc(C(=O)Nc2cc(C(=O)O)ccn2)cc1Cl. The molecule has 2 rings (SSSR count). The summed E-state index contributed by atoms with van der Waals surface area (Å²) in [6, 6.07) is 7.56. The van der Waals surface area contributed by atoms with E-state index in [1.807, 2.05) is 6.92 Å². The van der Waals surface area contributed by atoms with Gasteiger partial charge in [0.05, 0.1) is 5.56 Å². The number of aromatic nitrogens is 1. The van der Waals surface area contributed by atoms with E-state index in [1.54, 1.807) is 18.2 Å². The van der Waals surface area contributed by atoms with Crippen LogP contribution in [-0.4, -0.2) is 22.0 Å². The van der Waals surface area contributed by atoms with Gasteiger partial charge in [-0.1, -0.05) is 17.7 Å². The van der Waals surface area contributed by atoms with Crippen molar-refractivity contribution in [3.8, 4) is 0 Å². The van der Waals surface area contributed by atoms with Crippen LogP contribution in [-0.2, 0) is 0 Å². The van der Waals surface area contributed by atoms with E-state index in [1.165, 1.54) is 18.3 Å². The molecular weight excluding hydrogens is 280 g/mol. The van der Waals surface area contributed by atoms with Crippen molar-refractivity contribution in [2.24, 2.45) is 0 Å². The van der Waals surface area contributed by atoms with E-state index in [4.69, 9.17) is 16.7 Å². The molecule has 0 fully saturated rings. The van der Waals surface area contributed by atoms with Gasteiger partial charge in [0.2, 0.25) is 0 Å². The van der Waals surface area contributed by atoms with Crippen molar-refractivity contribution in [3.63, 3.8) is 0 Å². The van der Waals surface area contributed by atoms with E-state index in [9.17, 15) is 9.59 Å². The van der Waals surface area contributed by atoms with Gasteiger partial charge in [0.1, 0.15) is 5.82 Å². The van der Waals surface area contributed by atoms with Gasteiger partial charge in [-0.2, -0.15) is 0 Å². The molecule has 2 aromatic rings. The van der Waals surface area contributed by atoms with Crippen molar-refractivity contribution >= 4 is 29.3 Å². The van der Waals surface area contributed by atoms with Gasteiger partial charge in [0, 0.05) is 16.8 Å². The number of hydrogen-bond donors (Lipinski definition) is 2. The Bertz CT molecular complexity index is 686. The Hall–Kier alpha value is -2.40. The van der Waals surface area contributed by atoms with Crippen molar-refractivity contribution in [2.75, 3.05) is 5.32 Å². The highest BCUT2D eigenvalue weighted by molar-refractivity contribution is 6.31. The van der Waals surface area contributed by atoms with Crippen LogP contribution in [0, 0.1) is 6.92 Å². The molecule has 1 heterocycles. The second kappa shape index (κ2) is 5.71. The molecule has 1 amide bonds. The Morgan fingerprint density at radius 1 is 1.20 bits per heavy atom. The van der Waals surface area contributed by atoms with Crippen LogP contribution in [0.2, 0.25) is 5.02 Å². The quantitative estimate of drug-likeness (QED) is 0.911. The summed E-state index contributed by atoms with van der Waals surface area (Å²) in [7, 11) is 0. The van der Waals surface area contributed by atoms with Gasteiger partial charge in [-0.3, -0.25) is 4.79 Å². The van der Waals surface area contributed by atoms with Gasteiger partial charge in [-0.15, -0.1) is 0 Å². The van der Waals surface area contributed by atoms with E-state index in [0.717, 1.165) is 5.56 Å². The molecule has 0 bridgehead atoms. The lowest BCUT2D eigenvalue weighted by Crippen LogP contribution is -2.13. The second-order valence-electron chi connectivity index (χ2n) is 4.15. The summed E-state index contributed by atoms with van der Waals surface area (Å²) in [5, 5.41) is 11.9. The Morgan fingerprint density at radius 2 is 1.95 bits per heavy atom. The lowest BCUT2D eigenvalue weighted by molar-refractivity contribution is 0.0696. The first-order valence-corrected chi connectivity index (χ1v) is 6.12. The number of carbonyl (C=O) groups is 2. The van der Waals surface area contributed by atoms with Crippen molar-refractivity contribution < 1.29 is 14.7 Å². The zero-order valence-electron chi connectivity index (χ0n) is 10.6. The lowest BCUT2D eigenvalue weighted by Gasteiger charge is -2.06. The number of nitrogens with one attached hydrogen (secondary N) is 1. The summed E-state index contributed by atoms with van der Waals surface area (Å²) in [5.74, 6) is -1.31. The van der Waals surface area contributed by atoms with Crippen LogP contribution in [0.5, 0.6) is 0 Å². The maximum absolute atomic E-state index is 12.0. The van der Waals surface area contributed by atoms with Crippen LogP contribution in [0.3, 0.4) is 0 Å². The molecule has 20 heavy (non-hydrogen) atoms. The smallest absolute Gasteiger partial charge is 0.335 e. The number of carbonyl (C=O) groups excluding carboxylic acids is 1. The summed E-state index contributed by atoms with van der Waals surface area (Å²) in [4.78, 5) is 26.7. The predicted molar refractivity (Wildman–Crippen MR) is 75.3 cm³/mol. The molecule has 0 unspecified atom stereocenters. The number of nitrogens with zero attached hydrogens (tertiary/aromatic N) is 1. The van der Waals surface area contributed by atoms with Gasteiger partial charge in [-0.05, 0) is 36.8 Å². The second-order valence-corrected chi connectivity index (χ2v) is 4.56. The van der Waals surface area contributed by atoms with Crippen LogP contribution in [0.1, 0.15) is 26.3 Å². The molecule has 1 aromatic carbocycles. The van der Waals surface area contributed by atoms with Gasteiger partial charge in [0.25, 0.3) is 5.91 Å². The third-order valence-corrected chi connectivity index (χ3v) is 3.09. The minimum absolute atomic E-state index is 0.0530. The van der Waals surface area contributed by atoms with E-state index in [0.29, 0.717) is 10.6 Å². The highest BCUT2D eigenvalue weighted by Crippen LogP contribution is 2.17. The fourth-order valence-electron chi connectivity index (χ4n) is 1.55. The van der Waals surface area contributed by atoms with Crippen molar-refractivity contribution in [3.05, 3.63) is 58.2 Å². The number of benzene rings is 1. The number of hydrogen-bond acceptors (Lipinski definition) is 3. The molecular formula is C14H11ClN2O3. The minimum Gasteiger partial charge on any atom is -0.478 e. The molecule has 0 aliphatic carbocycles. The third-order valence-electron chi connectivity index (χ3n) is 2.68. The molecule has 0 radical (unpaired) electrons. The number of pyridine rings is 1. The number of aryl methyl sites for hydroxylation is 1. The molecule has 0 aliphatic rings. The topological polar surface area (TPSA) is 79.3 Å². The molecule has 6 heteroatoms. The molecule has 0 spiro atoms. The zero-order chi connectivity index (χ0) is 14.7. The van der Waals surface area contributed by atoms with Crippen molar-refractivity contribution in [1.82, 2.24) is 4.98 Å². The average molecular weight is 291 g/mol. The summed E-state index contributed by atoms with van der Waals surface area (Å²) in [5.41, 5.74) is 1.30. The zero-order valence-corrected chi connectivity index (χ0v) is 11.3. The van der Waals surface area contributed by atoms with E-state index >= 15 is 0 Å². The fraction of sp³-hybridized carbons (Fsp3) is 0.0714. The predicted octanol–water partition coefficient (Wildman–Crippen LogP) is 2.99. The van der Waals surface area contributed by atoms with E-state index in [-0.39, 0.29) is 11.4 Å².